The molecule has 16 heavy (non-hydrogen) atoms. The van der Waals surface area contributed by atoms with Crippen LogP contribution in [0.25, 0.3) is 0 Å². The summed E-state index contributed by atoms with van der Waals surface area (Å²) < 4.78 is 0. The van der Waals surface area contributed by atoms with Crippen LogP contribution in [-0.2, 0) is 9.59 Å². The van der Waals surface area contributed by atoms with Gasteiger partial charge in [-0.25, -0.2) is 0 Å². The van der Waals surface area contributed by atoms with Crippen molar-refractivity contribution in [2.24, 2.45) is 0 Å². The largest absolute Gasteiger partial charge is 0.480 e. The van der Waals surface area contributed by atoms with Crippen LogP contribution >= 0.6 is 0 Å². The van der Waals surface area contributed by atoms with Crippen LogP contribution in [0, 0.1) is 6.92 Å². The maximum absolute atomic E-state index is 11.3. The average Bonchev–Trinajstić information content (AvgIpc) is 2.24. The Kier molecular flexibility index (Phi) is 2.64. The average molecular weight is 219 g/mol. The van der Waals surface area contributed by atoms with Gasteiger partial charge >= 0.3 is 5.97 Å². The van der Waals surface area contributed by atoms with Gasteiger partial charge in [0.05, 0.1) is 12.5 Å². The molecule has 0 aromatic heterocycles. The van der Waals surface area contributed by atoms with Gasteiger partial charge in [-0.05, 0) is 18.1 Å². The molecule has 1 aliphatic heterocycles. The van der Waals surface area contributed by atoms with E-state index in [0.717, 1.165) is 11.1 Å². The fourth-order valence-corrected chi connectivity index (χ4v) is 2.04. The number of hydrogen-bond acceptors (Lipinski definition) is 2. The van der Waals surface area contributed by atoms with Crippen molar-refractivity contribution in [3.05, 3.63) is 35.4 Å². The van der Waals surface area contributed by atoms with Gasteiger partial charge in [-0.15, -0.1) is 0 Å². The van der Waals surface area contributed by atoms with E-state index in [4.69, 9.17) is 5.11 Å². The minimum Gasteiger partial charge on any atom is -0.480 e. The molecule has 1 heterocycles. The molecule has 0 bridgehead atoms. The van der Waals surface area contributed by atoms with Crippen LogP contribution in [0.3, 0.4) is 0 Å². The lowest BCUT2D eigenvalue weighted by Gasteiger charge is -2.40. The second-order valence-electron chi connectivity index (χ2n) is 3.99. The van der Waals surface area contributed by atoms with E-state index in [1.807, 2.05) is 31.2 Å². The lowest BCUT2D eigenvalue weighted by Crippen LogP contribution is -2.48. The molecule has 1 atom stereocenters. The predicted molar refractivity (Wildman–Crippen MR) is 57.9 cm³/mol. The van der Waals surface area contributed by atoms with E-state index in [9.17, 15) is 9.59 Å². The van der Waals surface area contributed by atoms with Crippen LogP contribution in [0.15, 0.2) is 24.3 Å². The molecule has 0 saturated carbocycles. The van der Waals surface area contributed by atoms with E-state index in [1.54, 1.807) is 0 Å². The molecule has 1 N–H and O–H groups in total. The van der Waals surface area contributed by atoms with Gasteiger partial charge in [0.2, 0.25) is 5.91 Å². The van der Waals surface area contributed by atoms with Crippen LogP contribution in [0.5, 0.6) is 0 Å². The summed E-state index contributed by atoms with van der Waals surface area (Å²) in [6.45, 7) is 1.76. The Hall–Kier alpha value is -1.84. The third-order valence-electron chi connectivity index (χ3n) is 2.92. The predicted octanol–water partition coefficient (Wildman–Crippen LogP) is 1.35. The van der Waals surface area contributed by atoms with E-state index >= 15 is 0 Å². The highest BCUT2D eigenvalue weighted by atomic mass is 16.4. The number of nitrogens with zero attached hydrogens (tertiary/aromatic N) is 1. The van der Waals surface area contributed by atoms with Crippen molar-refractivity contribution in [1.82, 2.24) is 4.90 Å². The molecule has 0 radical (unpaired) electrons. The van der Waals surface area contributed by atoms with Gasteiger partial charge in [0.25, 0.3) is 0 Å². The number of rotatable bonds is 3. The van der Waals surface area contributed by atoms with Crippen LogP contribution < -0.4 is 0 Å². The summed E-state index contributed by atoms with van der Waals surface area (Å²) in [7, 11) is 0. The molecule has 84 valence electrons. The molecule has 1 fully saturated rings. The molecule has 1 unspecified atom stereocenters. The van der Waals surface area contributed by atoms with Crippen molar-refractivity contribution in [2.45, 2.75) is 19.4 Å². The van der Waals surface area contributed by atoms with Gasteiger partial charge in [-0.3, -0.25) is 9.59 Å². The Morgan fingerprint density at radius 3 is 2.75 bits per heavy atom. The monoisotopic (exact) mass is 219 g/mol. The third kappa shape index (κ3) is 1.78. The second-order valence-corrected chi connectivity index (χ2v) is 3.99. The van der Waals surface area contributed by atoms with Crippen LogP contribution in [-0.4, -0.2) is 28.4 Å². The summed E-state index contributed by atoms with van der Waals surface area (Å²) in [5, 5.41) is 8.71. The number of carbonyl (C=O) groups excluding carboxylic acids is 1. The van der Waals surface area contributed by atoms with Gasteiger partial charge in [-0.2, -0.15) is 0 Å². The number of likely N-dealkylation sites (tertiary alicyclic amines) is 1. The smallest absolute Gasteiger partial charge is 0.323 e. The van der Waals surface area contributed by atoms with Crippen molar-refractivity contribution in [3.63, 3.8) is 0 Å². The summed E-state index contributed by atoms with van der Waals surface area (Å²) >= 11 is 0. The van der Waals surface area contributed by atoms with E-state index < -0.39 is 5.97 Å². The zero-order chi connectivity index (χ0) is 11.7. The van der Waals surface area contributed by atoms with Crippen molar-refractivity contribution in [3.8, 4) is 0 Å². The minimum atomic E-state index is -0.966. The van der Waals surface area contributed by atoms with E-state index in [2.05, 4.69) is 0 Å². The number of aliphatic carboxylic acids is 1. The first-order valence-electron chi connectivity index (χ1n) is 5.16. The van der Waals surface area contributed by atoms with Gasteiger partial charge in [0, 0.05) is 0 Å². The first kappa shape index (κ1) is 10.7. The first-order chi connectivity index (χ1) is 7.59. The molecule has 1 saturated heterocycles. The van der Waals surface area contributed by atoms with E-state index in [0.29, 0.717) is 6.42 Å². The highest BCUT2D eigenvalue weighted by molar-refractivity contribution is 5.87. The molecular weight excluding hydrogens is 206 g/mol. The number of carboxylic acid groups (broad SMARTS) is 1. The maximum Gasteiger partial charge on any atom is 0.323 e. The van der Waals surface area contributed by atoms with Crippen LogP contribution in [0.2, 0.25) is 0 Å². The number of carboxylic acids is 1. The zero-order valence-corrected chi connectivity index (χ0v) is 9.01. The standard InChI is InChI=1S/C12H13NO3/c1-8-4-2-3-5-9(8)10-6-11(14)13(10)7-12(15)16/h2-5,10H,6-7H2,1H3,(H,15,16). The fourth-order valence-electron chi connectivity index (χ4n) is 2.04. The molecule has 1 aliphatic rings. The molecule has 4 heteroatoms. The summed E-state index contributed by atoms with van der Waals surface area (Å²) in [6.07, 6.45) is 0.415. The molecule has 0 aliphatic carbocycles. The fraction of sp³-hybridized carbons (Fsp3) is 0.333. The number of benzene rings is 1. The SMILES string of the molecule is Cc1ccccc1C1CC(=O)N1CC(=O)O. The molecular formula is C12H13NO3. The highest BCUT2D eigenvalue weighted by Crippen LogP contribution is 2.35. The Morgan fingerprint density at radius 1 is 1.50 bits per heavy atom. The summed E-state index contributed by atoms with van der Waals surface area (Å²) in [6, 6.07) is 7.69. The number of carbonyl (C=O) groups is 2. The van der Waals surface area contributed by atoms with Crippen molar-refractivity contribution < 1.29 is 14.7 Å². The lowest BCUT2D eigenvalue weighted by molar-refractivity contribution is -0.155. The van der Waals surface area contributed by atoms with Gasteiger partial charge in [0.1, 0.15) is 6.54 Å². The molecule has 1 amide bonds. The number of amides is 1. The van der Waals surface area contributed by atoms with Gasteiger partial charge < -0.3 is 10.0 Å². The molecule has 2 rings (SSSR count). The van der Waals surface area contributed by atoms with E-state index in [1.165, 1.54) is 4.90 Å². The van der Waals surface area contributed by atoms with Crippen LogP contribution in [0.4, 0.5) is 0 Å². The number of β-lactam (4-membered cyclic amide) rings is 1. The second kappa shape index (κ2) is 3.96. The zero-order valence-electron chi connectivity index (χ0n) is 9.01. The minimum absolute atomic E-state index is 0.0650. The third-order valence-corrected chi connectivity index (χ3v) is 2.92. The van der Waals surface area contributed by atoms with Gasteiger partial charge in [0.15, 0.2) is 0 Å². The van der Waals surface area contributed by atoms with Crippen LogP contribution in [0.1, 0.15) is 23.6 Å². The van der Waals surface area contributed by atoms with Crippen molar-refractivity contribution in [2.75, 3.05) is 6.54 Å². The maximum atomic E-state index is 11.3. The van der Waals surface area contributed by atoms with Crippen molar-refractivity contribution >= 4 is 11.9 Å². The quantitative estimate of drug-likeness (QED) is 0.781. The first-order valence-corrected chi connectivity index (χ1v) is 5.16. The normalized spacial score (nSPS) is 19.4. The Labute approximate surface area is 93.5 Å². The summed E-state index contributed by atoms with van der Waals surface area (Å²) in [5.74, 6) is -1.05. The molecule has 0 spiro atoms. The Morgan fingerprint density at radius 2 is 2.19 bits per heavy atom. The lowest BCUT2D eigenvalue weighted by atomic mass is 9.91. The number of aryl methyl sites for hydroxylation is 1. The Bertz CT molecular complexity index is 442. The van der Waals surface area contributed by atoms with Crippen molar-refractivity contribution in [1.29, 1.82) is 0 Å². The van der Waals surface area contributed by atoms with E-state index in [-0.39, 0.29) is 18.5 Å². The Balaban J connectivity index is 2.20. The number of hydrogen-bond donors (Lipinski definition) is 1. The van der Waals surface area contributed by atoms with Gasteiger partial charge in [-0.1, -0.05) is 24.3 Å². The highest BCUT2D eigenvalue weighted by Gasteiger charge is 2.38. The molecule has 4 nitrogen and oxygen atoms in total. The summed E-state index contributed by atoms with van der Waals surface area (Å²) in [5.41, 5.74) is 2.14. The topological polar surface area (TPSA) is 57.6 Å². The molecule has 1 aromatic carbocycles. The summed E-state index contributed by atoms with van der Waals surface area (Å²) in [4.78, 5) is 23.3. The molecule has 1 aromatic rings.